The van der Waals surface area contributed by atoms with Crippen molar-refractivity contribution in [2.45, 2.75) is 31.9 Å². The number of thioether (sulfide) groups is 1. The van der Waals surface area contributed by atoms with E-state index in [1.54, 1.807) is 6.07 Å². The summed E-state index contributed by atoms with van der Waals surface area (Å²) in [4.78, 5) is 28.2. The number of anilines is 2. The number of benzene rings is 3. The molecule has 6 heteroatoms. The standard InChI is InChI=1S/C28H25N3O2S/c1-3-20-12-14-23(15-13-20)31-27(33)25(17-21-9-5-4-6-10-21)34-28(31)24(18-29)26(32)30-22-11-7-8-19(2)16-22/h4-16,25H,3,17H2,1-2H3,(H,30,32)/b28-24-. The lowest BCUT2D eigenvalue weighted by Crippen LogP contribution is -2.30. The molecule has 1 heterocycles. The Bertz CT molecular complexity index is 1280. The van der Waals surface area contributed by atoms with Crippen LogP contribution in [-0.2, 0) is 22.4 Å². The lowest BCUT2D eigenvalue weighted by atomic mass is 10.1. The molecule has 0 aliphatic carbocycles. The van der Waals surface area contributed by atoms with Crippen LogP contribution in [0.25, 0.3) is 0 Å². The van der Waals surface area contributed by atoms with Gasteiger partial charge in [-0.1, -0.05) is 73.3 Å². The monoisotopic (exact) mass is 467 g/mol. The molecule has 1 fully saturated rings. The summed E-state index contributed by atoms with van der Waals surface area (Å²) in [5.74, 6) is -0.664. The highest BCUT2D eigenvalue weighted by Gasteiger charge is 2.40. The molecule has 3 aromatic rings. The number of carbonyl (C=O) groups is 2. The topological polar surface area (TPSA) is 73.2 Å². The van der Waals surface area contributed by atoms with Gasteiger partial charge in [-0.15, -0.1) is 0 Å². The van der Waals surface area contributed by atoms with E-state index in [9.17, 15) is 14.9 Å². The molecule has 170 valence electrons. The molecule has 2 amide bonds. The Kier molecular flexibility index (Phi) is 7.15. The van der Waals surface area contributed by atoms with E-state index in [2.05, 4.69) is 18.3 Å². The second kappa shape index (κ2) is 10.4. The van der Waals surface area contributed by atoms with Crippen molar-refractivity contribution in [1.82, 2.24) is 0 Å². The third-order valence-electron chi connectivity index (χ3n) is 5.65. The van der Waals surface area contributed by atoms with E-state index in [0.717, 1.165) is 23.1 Å². The number of nitrogens with one attached hydrogen (secondary N) is 1. The van der Waals surface area contributed by atoms with Crippen LogP contribution in [0.2, 0.25) is 0 Å². The van der Waals surface area contributed by atoms with Crippen molar-refractivity contribution < 1.29 is 9.59 Å². The number of rotatable bonds is 6. The van der Waals surface area contributed by atoms with Crippen molar-refractivity contribution >= 4 is 35.0 Å². The van der Waals surface area contributed by atoms with E-state index < -0.39 is 11.2 Å². The minimum Gasteiger partial charge on any atom is -0.321 e. The summed E-state index contributed by atoms with van der Waals surface area (Å²) >= 11 is 1.27. The molecular formula is C28H25N3O2S. The van der Waals surface area contributed by atoms with Crippen LogP contribution >= 0.6 is 11.8 Å². The SMILES string of the molecule is CCc1ccc(N2C(=O)C(Cc3ccccc3)S/C2=C(/C#N)C(=O)Nc2cccc(C)c2)cc1. The molecule has 34 heavy (non-hydrogen) atoms. The number of hydrogen-bond acceptors (Lipinski definition) is 4. The summed E-state index contributed by atoms with van der Waals surface area (Å²) in [6.07, 6.45) is 1.39. The van der Waals surface area contributed by atoms with E-state index in [4.69, 9.17) is 0 Å². The maximum atomic E-state index is 13.6. The van der Waals surface area contributed by atoms with Crippen LogP contribution in [0.3, 0.4) is 0 Å². The molecule has 1 unspecified atom stereocenters. The van der Waals surface area contributed by atoms with Gasteiger partial charge >= 0.3 is 0 Å². The quantitative estimate of drug-likeness (QED) is 0.377. The predicted molar refractivity (Wildman–Crippen MR) is 137 cm³/mol. The van der Waals surface area contributed by atoms with Crippen LogP contribution in [0.1, 0.15) is 23.6 Å². The van der Waals surface area contributed by atoms with E-state index in [-0.39, 0.29) is 11.5 Å². The fourth-order valence-electron chi connectivity index (χ4n) is 3.85. The Balaban J connectivity index is 1.73. The zero-order valence-electron chi connectivity index (χ0n) is 19.1. The van der Waals surface area contributed by atoms with Crippen LogP contribution < -0.4 is 10.2 Å². The Morgan fingerprint density at radius 1 is 1.03 bits per heavy atom. The molecule has 5 nitrogen and oxygen atoms in total. The second-order valence-corrected chi connectivity index (χ2v) is 9.30. The van der Waals surface area contributed by atoms with Crippen molar-refractivity contribution in [3.05, 3.63) is 106 Å². The minimum absolute atomic E-state index is 0.0741. The van der Waals surface area contributed by atoms with Gasteiger partial charge < -0.3 is 5.32 Å². The summed E-state index contributed by atoms with van der Waals surface area (Å²) in [5.41, 5.74) is 4.35. The summed E-state index contributed by atoms with van der Waals surface area (Å²) in [6, 6.07) is 26.9. The number of aryl methyl sites for hydroxylation is 2. The van der Waals surface area contributed by atoms with Crippen LogP contribution in [0.5, 0.6) is 0 Å². The molecule has 0 radical (unpaired) electrons. The fourth-order valence-corrected chi connectivity index (χ4v) is 5.16. The Morgan fingerprint density at radius 3 is 2.41 bits per heavy atom. The molecule has 0 saturated carbocycles. The number of carbonyl (C=O) groups excluding carboxylic acids is 2. The molecule has 0 bridgehead atoms. The van der Waals surface area contributed by atoms with Crippen LogP contribution in [-0.4, -0.2) is 17.1 Å². The average molecular weight is 468 g/mol. The van der Waals surface area contributed by atoms with Gasteiger partial charge in [-0.05, 0) is 60.7 Å². The second-order valence-electron chi connectivity index (χ2n) is 8.11. The first-order chi connectivity index (χ1) is 16.5. The summed E-state index contributed by atoms with van der Waals surface area (Å²) in [7, 11) is 0. The summed E-state index contributed by atoms with van der Waals surface area (Å²) < 4.78 is 0. The molecule has 4 rings (SSSR count). The number of nitriles is 1. The maximum absolute atomic E-state index is 13.6. The normalized spacial score (nSPS) is 16.8. The third-order valence-corrected chi connectivity index (χ3v) is 6.91. The molecule has 3 aromatic carbocycles. The Labute approximate surface area is 204 Å². The molecule has 1 aliphatic rings. The fraction of sp³-hybridized carbons (Fsp3) is 0.179. The molecule has 1 aliphatic heterocycles. The maximum Gasteiger partial charge on any atom is 0.269 e. The van der Waals surface area contributed by atoms with Gasteiger partial charge in [0.1, 0.15) is 16.7 Å². The van der Waals surface area contributed by atoms with Gasteiger partial charge in [0, 0.05) is 11.4 Å². The summed E-state index contributed by atoms with van der Waals surface area (Å²) in [5, 5.41) is 12.7. The van der Waals surface area contributed by atoms with Gasteiger partial charge in [0.25, 0.3) is 5.91 Å². The molecule has 1 saturated heterocycles. The largest absolute Gasteiger partial charge is 0.321 e. The van der Waals surface area contributed by atoms with Gasteiger partial charge in [-0.3, -0.25) is 14.5 Å². The van der Waals surface area contributed by atoms with E-state index in [1.165, 1.54) is 16.7 Å². The average Bonchev–Trinajstić information content (AvgIpc) is 3.15. The lowest BCUT2D eigenvalue weighted by molar-refractivity contribution is -0.117. The number of nitrogens with zero attached hydrogens (tertiary/aromatic N) is 2. The summed E-state index contributed by atoms with van der Waals surface area (Å²) in [6.45, 7) is 4.00. The van der Waals surface area contributed by atoms with Crippen LogP contribution in [0.4, 0.5) is 11.4 Å². The highest BCUT2D eigenvalue weighted by Crippen LogP contribution is 2.42. The van der Waals surface area contributed by atoms with Crippen molar-refractivity contribution in [1.29, 1.82) is 5.26 Å². The first-order valence-corrected chi connectivity index (χ1v) is 12.0. The van der Waals surface area contributed by atoms with Gasteiger partial charge in [-0.2, -0.15) is 5.26 Å². The molecule has 0 spiro atoms. The number of amides is 2. The Morgan fingerprint density at radius 2 is 1.76 bits per heavy atom. The van der Waals surface area contributed by atoms with Crippen LogP contribution in [0, 0.1) is 18.3 Å². The van der Waals surface area contributed by atoms with Gasteiger partial charge in [0.05, 0.1) is 5.25 Å². The third kappa shape index (κ3) is 5.05. The van der Waals surface area contributed by atoms with Crippen molar-refractivity contribution in [3.63, 3.8) is 0 Å². The van der Waals surface area contributed by atoms with E-state index in [1.807, 2.05) is 79.7 Å². The molecular weight excluding hydrogens is 442 g/mol. The first-order valence-electron chi connectivity index (χ1n) is 11.2. The minimum atomic E-state index is -0.529. The molecule has 1 atom stereocenters. The first kappa shape index (κ1) is 23.3. The van der Waals surface area contributed by atoms with Crippen molar-refractivity contribution in [2.24, 2.45) is 0 Å². The van der Waals surface area contributed by atoms with E-state index in [0.29, 0.717) is 22.8 Å². The van der Waals surface area contributed by atoms with Gasteiger partial charge in [-0.25, -0.2) is 0 Å². The van der Waals surface area contributed by atoms with Crippen molar-refractivity contribution in [3.8, 4) is 6.07 Å². The Hall–Kier alpha value is -3.82. The zero-order chi connectivity index (χ0) is 24.1. The molecule has 1 N–H and O–H groups in total. The highest BCUT2D eigenvalue weighted by atomic mass is 32.2. The lowest BCUT2D eigenvalue weighted by Gasteiger charge is -2.19. The highest BCUT2D eigenvalue weighted by molar-refractivity contribution is 8.05. The van der Waals surface area contributed by atoms with Gasteiger partial charge in [0.15, 0.2) is 0 Å². The smallest absolute Gasteiger partial charge is 0.269 e. The van der Waals surface area contributed by atoms with Gasteiger partial charge in [0.2, 0.25) is 5.91 Å². The number of hydrogen-bond donors (Lipinski definition) is 1. The van der Waals surface area contributed by atoms with E-state index >= 15 is 0 Å². The zero-order valence-corrected chi connectivity index (χ0v) is 19.9. The van der Waals surface area contributed by atoms with Crippen molar-refractivity contribution in [2.75, 3.05) is 10.2 Å². The molecule has 0 aromatic heterocycles. The van der Waals surface area contributed by atoms with Crippen LogP contribution in [0.15, 0.2) is 89.5 Å². The predicted octanol–water partition coefficient (Wildman–Crippen LogP) is 5.62.